The number of fused-ring (bicyclic) bond motifs is 1. The van der Waals surface area contributed by atoms with Crippen molar-refractivity contribution in [1.29, 1.82) is 0 Å². The second kappa shape index (κ2) is 11.0. The Morgan fingerprint density at radius 3 is 2.35 bits per heavy atom. The number of benzene rings is 1. The van der Waals surface area contributed by atoms with Crippen LogP contribution < -0.4 is 10.6 Å². The number of para-hydroxylation sites is 1. The molecule has 1 heterocycles. The number of thiophene rings is 1. The van der Waals surface area contributed by atoms with E-state index in [1.807, 2.05) is 0 Å². The maximum absolute atomic E-state index is 13.8. The second-order valence-corrected chi connectivity index (χ2v) is 10.5. The van der Waals surface area contributed by atoms with Gasteiger partial charge in [-0.3, -0.25) is 14.9 Å². The molecule has 2 aliphatic carbocycles. The number of hydrogen-bond donors (Lipinski definition) is 2. The molecule has 2 aliphatic rings. The molecule has 2 N–H and O–H groups in total. The third-order valence-corrected chi connectivity index (χ3v) is 7.98. The van der Waals surface area contributed by atoms with E-state index in [2.05, 4.69) is 10.6 Å². The lowest BCUT2D eigenvalue weighted by Crippen LogP contribution is -2.43. The van der Waals surface area contributed by atoms with Crippen LogP contribution in [-0.2, 0) is 22.5 Å². The molecule has 34 heavy (non-hydrogen) atoms. The van der Waals surface area contributed by atoms with E-state index in [0.717, 1.165) is 68.2 Å². The SMILES string of the molecule is CC(=O)ON(C(=O)c1c(NC(=O)Nc2c(Cl)cccc2Cl)sc2c1CCCC2)C1CCCCC1. The highest BCUT2D eigenvalue weighted by Gasteiger charge is 2.35. The summed E-state index contributed by atoms with van der Waals surface area (Å²) in [6.07, 6.45) is 8.18. The smallest absolute Gasteiger partial charge is 0.329 e. The topological polar surface area (TPSA) is 87.7 Å². The van der Waals surface area contributed by atoms with Crippen LogP contribution in [0.3, 0.4) is 0 Å². The van der Waals surface area contributed by atoms with Crippen LogP contribution in [0.25, 0.3) is 0 Å². The first kappa shape index (κ1) is 24.8. The molecule has 4 rings (SSSR count). The average molecular weight is 524 g/mol. The van der Waals surface area contributed by atoms with Gasteiger partial charge in [0.25, 0.3) is 5.91 Å². The number of urea groups is 1. The number of nitrogens with zero attached hydrogens (tertiary/aromatic N) is 1. The van der Waals surface area contributed by atoms with Gasteiger partial charge >= 0.3 is 12.0 Å². The summed E-state index contributed by atoms with van der Waals surface area (Å²) in [6, 6.07) is 4.21. The third-order valence-electron chi connectivity index (χ3n) is 6.15. The molecular weight excluding hydrogens is 497 g/mol. The molecule has 0 atom stereocenters. The molecule has 0 radical (unpaired) electrons. The number of rotatable bonds is 4. The highest BCUT2D eigenvalue weighted by Crippen LogP contribution is 2.40. The van der Waals surface area contributed by atoms with Crippen LogP contribution >= 0.6 is 34.5 Å². The van der Waals surface area contributed by atoms with Crippen LogP contribution in [0.4, 0.5) is 15.5 Å². The Balaban J connectivity index is 1.65. The van der Waals surface area contributed by atoms with Crippen molar-refractivity contribution >= 4 is 63.1 Å². The van der Waals surface area contributed by atoms with Crippen LogP contribution in [0.1, 0.15) is 72.7 Å². The lowest BCUT2D eigenvalue weighted by molar-refractivity contribution is -0.185. The Morgan fingerprint density at radius 1 is 1.00 bits per heavy atom. The van der Waals surface area contributed by atoms with Crippen LogP contribution in [-0.4, -0.2) is 29.0 Å². The highest BCUT2D eigenvalue weighted by molar-refractivity contribution is 7.17. The van der Waals surface area contributed by atoms with Crippen molar-refractivity contribution in [2.75, 3.05) is 10.6 Å². The van der Waals surface area contributed by atoms with E-state index in [1.165, 1.54) is 23.3 Å². The summed E-state index contributed by atoms with van der Waals surface area (Å²) < 4.78 is 0. The van der Waals surface area contributed by atoms with Gasteiger partial charge in [0.2, 0.25) is 0 Å². The minimum atomic E-state index is -0.556. The first-order valence-electron chi connectivity index (χ1n) is 11.5. The predicted octanol–water partition coefficient (Wildman–Crippen LogP) is 6.83. The van der Waals surface area contributed by atoms with Crippen LogP contribution in [0, 0.1) is 0 Å². The molecule has 0 unspecified atom stereocenters. The molecule has 1 aromatic heterocycles. The Morgan fingerprint density at radius 2 is 1.68 bits per heavy atom. The molecule has 1 fully saturated rings. The number of hydroxylamine groups is 2. The molecular formula is C24H27Cl2N3O4S. The van der Waals surface area contributed by atoms with Crippen molar-refractivity contribution in [1.82, 2.24) is 5.06 Å². The van der Waals surface area contributed by atoms with Gasteiger partial charge in [-0.05, 0) is 56.2 Å². The van der Waals surface area contributed by atoms with Crippen molar-refractivity contribution in [3.8, 4) is 0 Å². The Bertz CT molecular complexity index is 1080. The summed E-state index contributed by atoms with van der Waals surface area (Å²) in [5, 5.41) is 7.80. The summed E-state index contributed by atoms with van der Waals surface area (Å²) in [4.78, 5) is 45.1. The molecule has 3 amide bonds. The fraction of sp³-hybridized carbons (Fsp3) is 0.458. The monoisotopic (exact) mass is 523 g/mol. The van der Waals surface area contributed by atoms with E-state index in [9.17, 15) is 14.4 Å². The fourth-order valence-corrected chi connectivity index (χ4v) is 6.36. The van der Waals surface area contributed by atoms with Crippen LogP contribution in [0.2, 0.25) is 10.0 Å². The molecule has 182 valence electrons. The van der Waals surface area contributed by atoms with E-state index in [4.69, 9.17) is 28.0 Å². The molecule has 0 aliphatic heterocycles. The van der Waals surface area contributed by atoms with Gasteiger partial charge in [-0.1, -0.05) is 48.5 Å². The van der Waals surface area contributed by atoms with Crippen molar-refractivity contribution in [2.24, 2.45) is 0 Å². The number of amides is 3. The standard InChI is InChI=1S/C24H27Cl2N3O4S/c1-14(30)33-29(15-8-3-2-4-9-15)23(31)20-16-10-5-6-13-19(16)34-22(20)28-24(32)27-21-17(25)11-7-12-18(21)26/h7,11-12,15H,2-6,8-10,13H2,1H3,(H2,27,28,32). The first-order valence-corrected chi connectivity index (χ1v) is 13.1. The molecule has 0 spiro atoms. The van der Waals surface area contributed by atoms with E-state index in [0.29, 0.717) is 26.3 Å². The molecule has 2 aromatic rings. The first-order chi connectivity index (χ1) is 16.3. The summed E-state index contributed by atoms with van der Waals surface area (Å²) in [5.74, 6) is -0.920. The lowest BCUT2D eigenvalue weighted by Gasteiger charge is -2.32. The van der Waals surface area contributed by atoms with Crippen LogP contribution in [0.15, 0.2) is 18.2 Å². The van der Waals surface area contributed by atoms with E-state index in [1.54, 1.807) is 18.2 Å². The summed E-state index contributed by atoms with van der Waals surface area (Å²) in [6.45, 7) is 1.30. The molecule has 7 nitrogen and oxygen atoms in total. The zero-order valence-corrected chi connectivity index (χ0v) is 21.2. The Kier molecular flexibility index (Phi) is 8.01. The quantitative estimate of drug-likeness (QED) is 0.429. The van der Waals surface area contributed by atoms with Gasteiger partial charge in [-0.2, -0.15) is 5.06 Å². The number of nitrogens with one attached hydrogen (secondary N) is 2. The maximum atomic E-state index is 13.8. The molecule has 0 saturated heterocycles. The maximum Gasteiger partial charge on any atom is 0.329 e. The van der Waals surface area contributed by atoms with Crippen molar-refractivity contribution in [2.45, 2.75) is 70.8 Å². The second-order valence-electron chi connectivity index (χ2n) is 8.60. The van der Waals surface area contributed by atoms with Crippen molar-refractivity contribution in [3.63, 3.8) is 0 Å². The summed E-state index contributed by atoms with van der Waals surface area (Å²) >= 11 is 13.8. The lowest BCUT2D eigenvalue weighted by atomic mass is 9.93. The summed E-state index contributed by atoms with van der Waals surface area (Å²) in [7, 11) is 0. The fourth-order valence-electron chi connectivity index (χ4n) is 4.59. The normalized spacial score (nSPS) is 15.9. The number of halogens is 2. The zero-order valence-electron chi connectivity index (χ0n) is 18.9. The number of hydrogen-bond acceptors (Lipinski definition) is 5. The van der Waals surface area contributed by atoms with E-state index < -0.39 is 12.0 Å². The van der Waals surface area contributed by atoms with Crippen LogP contribution in [0.5, 0.6) is 0 Å². The minimum Gasteiger partial charge on any atom is -0.338 e. The number of carbonyl (C=O) groups is 3. The number of anilines is 2. The minimum absolute atomic E-state index is 0.173. The zero-order chi connectivity index (χ0) is 24.2. The Labute approximate surface area is 212 Å². The van der Waals surface area contributed by atoms with E-state index in [-0.39, 0.29) is 11.9 Å². The van der Waals surface area contributed by atoms with Gasteiger partial charge < -0.3 is 10.2 Å². The number of carbonyl (C=O) groups excluding carboxylic acids is 3. The molecule has 1 saturated carbocycles. The van der Waals surface area contributed by atoms with Gasteiger partial charge in [-0.15, -0.1) is 11.3 Å². The third kappa shape index (κ3) is 5.50. The van der Waals surface area contributed by atoms with Crippen molar-refractivity contribution in [3.05, 3.63) is 44.2 Å². The van der Waals surface area contributed by atoms with Gasteiger partial charge in [-0.25, -0.2) is 4.79 Å². The van der Waals surface area contributed by atoms with Crippen molar-refractivity contribution < 1.29 is 19.2 Å². The van der Waals surface area contributed by atoms with Gasteiger partial charge in [0.05, 0.1) is 27.3 Å². The number of aryl methyl sites for hydroxylation is 1. The summed E-state index contributed by atoms with van der Waals surface area (Å²) in [5.41, 5.74) is 1.63. The molecule has 0 bridgehead atoms. The van der Waals surface area contributed by atoms with Gasteiger partial charge in [0, 0.05) is 11.8 Å². The van der Waals surface area contributed by atoms with E-state index >= 15 is 0 Å². The van der Waals surface area contributed by atoms with Gasteiger partial charge in [0.15, 0.2) is 0 Å². The molecule has 10 heteroatoms. The Hall–Kier alpha value is -2.29. The van der Waals surface area contributed by atoms with Gasteiger partial charge in [0.1, 0.15) is 5.00 Å². The molecule has 1 aromatic carbocycles. The largest absolute Gasteiger partial charge is 0.338 e. The predicted molar refractivity (Wildman–Crippen MR) is 135 cm³/mol. The highest BCUT2D eigenvalue weighted by atomic mass is 35.5. The average Bonchev–Trinajstić information content (AvgIpc) is 3.17.